The minimum atomic E-state index is -1.29. The summed E-state index contributed by atoms with van der Waals surface area (Å²) in [6.45, 7) is 1.64. The highest BCUT2D eigenvalue weighted by molar-refractivity contribution is 6.12. The SMILES string of the molecule is CCCCC1(c2ccc(F)cc2)NC(=O)N(CC(=O)c2ccc3ccccc3c2)C1=O. The molecule has 31 heavy (non-hydrogen) atoms. The van der Waals surface area contributed by atoms with E-state index in [0.717, 1.165) is 22.1 Å². The van der Waals surface area contributed by atoms with Gasteiger partial charge in [0.2, 0.25) is 0 Å². The fourth-order valence-corrected chi connectivity index (χ4v) is 4.05. The van der Waals surface area contributed by atoms with E-state index in [1.165, 1.54) is 24.3 Å². The summed E-state index contributed by atoms with van der Waals surface area (Å²) < 4.78 is 13.4. The van der Waals surface area contributed by atoms with Crippen LogP contribution in [0.1, 0.15) is 42.1 Å². The van der Waals surface area contributed by atoms with Crippen LogP contribution in [0.3, 0.4) is 0 Å². The van der Waals surface area contributed by atoms with Crippen molar-refractivity contribution in [2.45, 2.75) is 31.7 Å². The summed E-state index contributed by atoms with van der Waals surface area (Å²) >= 11 is 0. The zero-order chi connectivity index (χ0) is 22.0. The first-order chi connectivity index (χ1) is 14.9. The number of hydrogen-bond donors (Lipinski definition) is 1. The van der Waals surface area contributed by atoms with Crippen LogP contribution in [0.15, 0.2) is 66.7 Å². The van der Waals surface area contributed by atoms with Crippen molar-refractivity contribution in [2.75, 3.05) is 6.54 Å². The zero-order valence-electron chi connectivity index (χ0n) is 17.2. The van der Waals surface area contributed by atoms with Gasteiger partial charge in [0, 0.05) is 5.56 Å². The van der Waals surface area contributed by atoms with Gasteiger partial charge in [-0.15, -0.1) is 0 Å². The van der Waals surface area contributed by atoms with Crippen molar-refractivity contribution in [3.8, 4) is 0 Å². The number of Topliss-reactive ketones (excluding diaryl/α,β-unsaturated/α-hetero) is 1. The smallest absolute Gasteiger partial charge is 0.319 e. The van der Waals surface area contributed by atoms with Crippen molar-refractivity contribution < 1.29 is 18.8 Å². The van der Waals surface area contributed by atoms with Crippen LogP contribution < -0.4 is 5.32 Å². The van der Waals surface area contributed by atoms with Crippen LogP contribution in [0.5, 0.6) is 0 Å². The molecule has 4 rings (SSSR count). The van der Waals surface area contributed by atoms with Crippen molar-refractivity contribution in [3.05, 3.63) is 83.7 Å². The quantitative estimate of drug-likeness (QED) is 0.443. The number of unbranched alkanes of at least 4 members (excludes halogenated alkanes) is 1. The summed E-state index contributed by atoms with van der Waals surface area (Å²) in [5, 5.41) is 4.70. The third-order valence-corrected chi connectivity index (χ3v) is 5.79. The molecule has 0 aromatic heterocycles. The summed E-state index contributed by atoms with van der Waals surface area (Å²) in [6, 6.07) is 17.9. The number of nitrogens with one attached hydrogen (secondary N) is 1. The molecule has 158 valence electrons. The van der Waals surface area contributed by atoms with Gasteiger partial charge in [-0.2, -0.15) is 0 Å². The molecule has 0 bridgehead atoms. The van der Waals surface area contributed by atoms with Gasteiger partial charge in [0.1, 0.15) is 11.4 Å². The fourth-order valence-electron chi connectivity index (χ4n) is 4.05. The Morgan fingerprint density at radius 1 is 1.00 bits per heavy atom. The summed E-state index contributed by atoms with van der Waals surface area (Å²) in [5.41, 5.74) is -0.335. The Kier molecular flexibility index (Phi) is 5.55. The number of benzene rings is 3. The highest BCUT2D eigenvalue weighted by Crippen LogP contribution is 2.34. The molecule has 0 spiro atoms. The van der Waals surface area contributed by atoms with Gasteiger partial charge in [-0.25, -0.2) is 9.18 Å². The van der Waals surface area contributed by atoms with E-state index >= 15 is 0 Å². The monoisotopic (exact) mass is 418 g/mol. The summed E-state index contributed by atoms with van der Waals surface area (Å²) in [5.74, 6) is -1.22. The lowest BCUT2D eigenvalue weighted by molar-refractivity contribution is -0.131. The van der Waals surface area contributed by atoms with Crippen molar-refractivity contribution >= 4 is 28.5 Å². The lowest BCUT2D eigenvalue weighted by Gasteiger charge is -2.27. The van der Waals surface area contributed by atoms with Gasteiger partial charge in [0.05, 0.1) is 6.54 Å². The van der Waals surface area contributed by atoms with Gasteiger partial charge < -0.3 is 5.32 Å². The first-order valence-electron chi connectivity index (χ1n) is 10.4. The summed E-state index contributed by atoms with van der Waals surface area (Å²) in [7, 11) is 0. The number of rotatable bonds is 7. The van der Waals surface area contributed by atoms with Gasteiger partial charge >= 0.3 is 6.03 Å². The molecule has 1 atom stereocenters. The Bertz CT molecular complexity index is 1160. The maximum absolute atomic E-state index is 13.4. The predicted molar refractivity (Wildman–Crippen MR) is 116 cm³/mol. The first kappa shape index (κ1) is 20.7. The number of halogens is 1. The molecular weight excluding hydrogens is 395 g/mol. The van der Waals surface area contributed by atoms with Gasteiger partial charge in [-0.1, -0.05) is 68.3 Å². The number of carbonyl (C=O) groups excluding carboxylic acids is 3. The second-order valence-corrected chi connectivity index (χ2v) is 7.82. The van der Waals surface area contributed by atoms with Gasteiger partial charge in [-0.3, -0.25) is 14.5 Å². The Balaban J connectivity index is 1.62. The van der Waals surface area contributed by atoms with E-state index in [1.54, 1.807) is 12.1 Å². The Morgan fingerprint density at radius 2 is 1.71 bits per heavy atom. The molecule has 5 nitrogen and oxygen atoms in total. The fraction of sp³-hybridized carbons (Fsp3) is 0.240. The van der Waals surface area contributed by atoms with Crippen LogP contribution in [0, 0.1) is 5.82 Å². The van der Waals surface area contributed by atoms with E-state index in [1.807, 2.05) is 37.3 Å². The zero-order valence-corrected chi connectivity index (χ0v) is 17.2. The minimum Gasteiger partial charge on any atom is -0.319 e. The highest BCUT2D eigenvalue weighted by Gasteiger charge is 2.52. The molecule has 0 aliphatic carbocycles. The topological polar surface area (TPSA) is 66.5 Å². The molecule has 1 fully saturated rings. The predicted octanol–water partition coefficient (Wildman–Crippen LogP) is 4.80. The number of urea groups is 1. The number of nitrogens with zero attached hydrogens (tertiary/aromatic N) is 1. The van der Waals surface area contributed by atoms with E-state index in [2.05, 4.69) is 5.32 Å². The molecular formula is C25H23FN2O3. The number of fused-ring (bicyclic) bond motifs is 1. The third kappa shape index (κ3) is 3.81. The number of amides is 3. The number of carbonyl (C=O) groups is 3. The molecule has 6 heteroatoms. The highest BCUT2D eigenvalue weighted by atomic mass is 19.1. The molecule has 3 aromatic carbocycles. The summed E-state index contributed by atoms with van der Waals surface area (Å²) in [6.07, 6.45) is 1.89. The van der Waals surface area contributed by atoms with Crippen LogP contribution in [0.4, 0.5) is 9.18 Å². The molecule has 1 aliphatic rings. The molecule has 3 aromatic rings. The second-order valence-electron chi connectivity index (χ2n) is 7.82. The molecule has 3 amide bonds. The van der Waals surface area contributed by atoms with E-state index < -0.39 is 23.3 Å². The Hall–Kier alpha value is -3.54. The van der Waals surface area contributed by atoms with Gasteiger partial charge in [-0.05, 0) is 41.0 Å². The summed E-state index contributed by atoms with van der Waals surface area (Å²) in [4.78, 5) is 40.0. The lowest BCUT2D eigenvalue weighted by Crippen LogP contribution is -2.44. The van der Waals surface area contributed by atoms with E-state index in [0.29, 0.717) is 24.0 Å². The van der Waals surface area contributed by atoms with E-state index in [9.17, 15) is 18.8 Å². The standard InChI is InChI=1S/C25H23FN2O3/c1-2-3-14-25(20-10-12-21(26)13-11-20)23(30)28(24(31)27-25)16-22(29)19-9-8-17-6-4-5-7-18(17)15-19/h4-13,15H,2-3,14,16H2,1H3,(H,27,31). The maximum atomic E-state index is 13.4. The van der Waals surface area contributed by atoms with Crippen LogP contribution in [0.25, 0.3) is 10.8 Å². The second kappa shape index (κ2) is 8.30. The van der Waals surface area contributed by atoms with E-state index in [4.69, 9.17) is 0 Å². The normalized spacial score (nSPS) is 18.5. The van der Waals surface area contributed by atoms with Crippen LogP contribution in [0.2, 0.25) is 0 Å². The average Bonchev–Trinajstić information content (AvgIpc) is 3.02. The molecule has 1 heterocycles. The Labute approximate surface area is 179 Å². The van der Waals surface area contributed by atoms with Gasteiger partial charge in [0.15, 0.2) is 5.78 Å². The lowest BCUT2D eigenvalue weighted by atomic mass is 9.84. The van der Waals surface area contributed by atoms with Crippen molar-refractivity contribution in [1.82, 2.24) is 10.2 Å². The molecule has 1 aliphatic heterocycles. The Morgan fingerprint density at radius 3 is 2.42 bits per heavy atom. The molecule has 1 N–H and O–H groups in total. The first-order valence-corrected chi connectivity index (χ1v) is 10.4. The van der Waals surface area contributed by atoms with Crippen LogP contribution in [-0.4, -0.2) is 29.2 Å². The maximum Gasteiger partial charge on any atom is 0.325 e. The number of hydrogen-bond acceptors (Lipinski definition) is 3. The number of imide groups is 1. The van der Waals surface area contributed by atoms with E-state index in [-0.39, 0.29) is 12.3 Å². The van der Waals surface area contributed by atoms with Crippen molar-refractivity contribution in [3.63, 3.8) is 0 Å². The largest absolute Gasteiger partial charge is 0.325 e. The minimum absolute atomic E-state index is 0.320. The molecule has 1 saturated heterocycles. The molecule has 0 saturated carbocycles. The molecule has 0 radical (unpaired) electrons. The van der Waals surface area contributed by atoms with Crippen LogP contribution >= 0.6 is 0 Å². The van der Waals surface area contributed by atoms with Crippen molar-refractivity contribution in [1.29, 1.82) is 0 Å². The van der Waals surface area contributed by atoms with Crippen LogP contribution in [-0.2, 0) is 10.3 Å². The third-order valence-electron chi connectivity index (χ3n) is 5.79. The molecule has 1 unspecified atom stereocenters. The number of ketones is 1. The van der Waals surface area contributed by atoms with Gasteiger partial charge in [0.25, 0.3) is 5.91 Å². The average molecular weight is 418 g/mol. The van der Waals surface area contributed by atoms with Crippen molar-refractivity contribution in [2.24, 2.45) is 0 Å².